The second kappa shape index (κ2) is 14.2. The first-order valence-corrected chi connectivity index (χ1v) is 14.2. The molecular weight excluding hydrogens is 520 g/mol. The second-order valence-corrected chi connectivity index (χ2v) is 13.2. The number of aliphatic hydroxyl groups excluding tert-OH is 1. The Kier molecular flexibility index (Phi) is 11.8. The highest BCUT2D eigenvalue weighted by Gasteiger charge is 2.29. The minimum atomic E-state index is -0.935. The predicted molar refractivity (Wildman–Crippen MR) is 161 cm³/mol. The highest BCUT2D eigenvalue weighted by molar-refractivity contribution is 5.86. The van der Waals surface area contributed by atoms with E-state index in [0.29, 0.717) is 24.9 Å². The van der Waals surface area contributed by atoms with Crippen molar-refractivity contribution in [3.05, 3.63) is 59.7 Å². The number of carbonyl (C=O) groups excluding carboxylic acids is 3. The first kappa shape index (κ1) is 34.1. The van der Waals surface area contributed by atoms with Gasteiger partial charge in [-0.1, -0.05) is 43.3 Å². The number of hydrogen-bond donors (Lipinski definition) is 3. The number of esters is 2. The van der Waals surface area contributed by atoms with Crippen LogP contribution in [-0.2, 0) is 20.8 Å². The van der Waals surface area contributed by atoms with E-state index >= 15 is 0 Å². The molecule has 0 aliphatic rings. The Morgan fingerprint density at radius 3 is 1.93 bits per heavy atom. The van der Waals surface area contributed by atoms with Crippen LogP contribution in [0.1, 0.15) is 86.0 Å². The van der Waals surface area contributed by atoms with E-state index in [1.165, 1.54) is 12.1 Å². The van der Waals surface area contributed by atoms with Gasteiger partial charge in [0.15, 0.2) is 17.3 Å². The maximum atomic E-state index is 12.8. The number of benzene rings is 2. The van der Waals surface area contributed by atoms with Gasteiger partial charge in [0.25, 0.3) is 0 Å². The van der Waals surface area contributed by atoms with Gasteiger partial charge in [-0.25, -0.2) is 0 Å². The van der Waals surface area contributed by atoms with Crippen LogP contribution >= 0.6 is 0 Å². The van der Waals surface area contributed by atoms with Gasteiger partial charge in [0.2, 0.25) is 0 Å². The van der Waals surface area contributed by atoms with Gasteiger partial charge in [0, 0.05) is 25.0 Å². The Hall–Kier alpha value is -3.07. The highest BCUT2D eigenvalue weighted by atomic mass is 16.6. The summed E-state index contributed by atoms with van der Waals surface area (Å²) in [4.78, 5) is 38.0. The number of ketones is 1. The van der Waals surface area contributed by atoms with Crippen molar-refractivity contribution in [3.8, 4) is 11.5 Å². The van der Waals surface area contributed by atoms with Gasteiger partial charge in [-0.15, -0.1) is 0 Å². The summed E-state index contributed by atoms with van der Waals surface area (Å²) < 4.78 is 11.2. The lowest BCUT2D eigenvalue weighted by molar-refractivity contribution is -0.145. The summed E-state index contributed by atoms with van der Waals surface area (Å²) in [5.41, 5.74) is -0.485. The lowest BCUT2D eigenvalue weighted by Crippen LogP contribution is -2.52. The van der Waals surface area contributed by atoms with Crippen molar-refractivity contribution in [2.45, 2.75) is 92.8 Å². The fourth-order valence-corrected chi connectivity index (χ4v) is 3.74. The zero-order valence-corrected chi connectivity index (χ0v) is 26.1. The lowest BCUT2D eigenvalue weighted by Gasteiger charge is -2.30. The molecule has 3 N–H and O–H groups in total. The third kappa shape index (κ3) is 11.0. The number of nitrogens with one attached hydrogen (secondary N) is 2. The molecule has 2 rings (SSSR count). The zero-order valence-electron chi connectivity index (χ0n) is 26.1. The predicted octanol–water partition coefficient (Wildman–Crippen LogP) is 5.17. The highest BCUT2D eigenvalue weighted by Crippen LogP contribution is 2.34. The molecule has 0 saturated heterocycles. The Morgan fingerprint density at radius 1 is 0.829 bits per heavy atom. The molecule has 0 bridgehead atoms. The molecule has 0 aliphatic heterocycles. The molecule has 41 heavy (non-hydrogen) atoms. The van der Waals surface area contributed by atoms with Crippen LogP contribution in [0.3, 0.4) is 0 Å². The van der Waals surface area contributed by atoms with Crippen molar-refractivity contribution in [1.82, 2.24) is 10.6 Å². The topological polar surface area (TPSA) is 114 Å². The molecule has 0 aliphatic carbocycles. The average Bonchev–Trinajstić information content (AvgIpc) is 2.88. The van der Waals surface area contributed by atoms with E-state index in [9.17, 15) is 19.5 Å². The number of carbonyl (C=O) groups is 3. The maximum Gasteiger partial charge on any atom is 0.316 e. The minimum Gasteiger partial charge on any atom is -0.422 e. The van der Waals surface area contributed by atoms with E-state index in [1.54, 1.807) is 47.6 Å². The Morgan fingerprint density at radius 2 is 1.39 bits per heavy atom. The Balaban J connectivity index is 2.08. The van der Waals surface area contributed by atoms with Gasteiger partial charge in [-0.05, 0) is 85.1 Å². The molecule has 2 unspecified atom stereocenters. The van der Waals surface area contributed by atoms with Gasteiger partial charge in [-0.3, -0.25) is 14.4 Å². The van der Waals surface area contributed by atoms with Crippen molar-refractivity contribution < 1.29 is 29.0 Å². The molecule has 0 saturated carbocycles. The average molecular weight is 569 g/mol. The van der Waals surface area contributed by atoms with Crippen LogP contribution in [0, 0.1) is 10.8 Å². The van der Waals surface area contributed by atoms with Gasteiger partial charge >= 0.3 is 11.9 Å². The summed E-state index contributed by atoms with van der Waals surface area (Å²) in [5.74, 6) is -0.638. The monoisotopic (exact) mass is 568 g/mol. The first-order chi connectivity index (χ1) is 18.9. The summed E-state index contributed by atoms with van der Waals surface area (Å²) in [6.45, 7) is 17.1. The quantitative estimate of drug-likeness (QED) is 0.224. The van der Waals surface area contributed by atoms with Crippen LogP contribution in [0.25, 0.3) is 0 Å². The van der Waals surface area contributed by atoms with Crippen molar-refractivity contribution in [2.75, 3.05) is 13.1 Å². The van der Waals surface area contributed by atoms with Gasteiger partial charge in [0.05, 0.1) is 23.0 Å². The number of Topliss-reactive ketones (excluding diaryl/α,β-unsaturated/α-hetero) is 1. The van der Waals surface area contributed by atoms with E-state index in [-0.39, 0.29) is 29.9 Å². The van der Waals surface area contributed by atoms with Crippen LogP contribution in [0.15, 0.2) is 48.5 Å². The molecular formula is C33H48N2O6. The van der Waals surface area contributed by atoms with E-state index in [1.807, 2.05) is 51.1 Å². The summed E-state index contributed by atoms with van der Waals surface area (Å²) in [6, 6.07) is 14.1. The molecule has 2 aromatic carbocycles. The minimum absolute atomic E-state index is 0.0720. The molecule has 0 aromatic heterocycles. The normalized spacial score (nSPS) is 13.8. The fourth-order valence-electron chi connectivity index (χ4n) is 3.74. The first-order valence-electron chi connectivity index (χ1n) is 14.2. The van der Waals surface area contributed by atoms with Crippen molar-refractivity contribution in [1.29, 1.82) is 0 Å². The summed E-state index contributed by atoms with van der Waals surface area (Å²) in [7, 11) is 0. The van der Waals surface area contributed by atoms with Crippen LogP contribution in [0.5, 0.6) is 11.5 Å². The number of hydrogen-bond acceptors (Lipinski definition) is 8. The van der Waals surface area contributed by atoms with Crippen LogP contribution in [0.2, 0.25) is 0 Å². The number of aliphatic hydroxyl groups is 1. The van der Waals surface area contributed by atoms with Gasteiger partial charge in [-0.2, -0.15) is 0 Å². The van der Waals surface area contributed by atoms with Gasteiger partial charge < -0.3 is 25.2 Å². The molecule has 2 aromatic rings. The van der Waals surface area contributed by atoms with E-state index in [0.717, 1.165) is 5.56 Å². The largest absolute Gasteiger partial charge is 0.422 e. The van der Waals surface area contributed by atoms with Crippen molar-refractivity contribution in [3.63, 3.8) is 0 Å². The lowest BCUT2D eigenvalue weighted by atomic mass is 9.97. The Bertz CT molecular complexity index is 1180. The standard InChI is InChI=1S/C33H48N2O6/c1-10-24(25(36)18-22-14-12-11-13-15-22)34-21-33(8,9)35-20-26(37)23-16-17-27(40-29(38)31(2,3)4)28(19-23)41-30(39)32(5,6)7/h11-17,19,24,26,34-35,37H,10,18,20-21H2,1-9H3. The molecule has 226 valence electrons. The number of rotatable bonds is 13. The molecule has 0 fully saturated rings. The third-order valence-electron chi connectivity index (χ3n) is 6.57. The molecule has 0 spiro atoms. The van der Waals surface area contributed by atoms with Crippen LogP contribution < -0.4 is 20.1 Å². The van der Waals surface area contributed by atoms with Crippen molar-refractivity contribution >= 4 is 17.7 Å². The molecule has 8 nitrogen and oxygen atoms in total. The SMILES string of the molecule is CCC(NCC(C)(C)NCC(O)c1ccc(OC(=O)C(C)(C)C)c(OC(=O)C(C)(C)C)c1)C(=O)Cc1ccccc1. The number of β-amino-alcohol motifs (C(OH)–C–C–N with tert-alkyl or cyclic N) is 1. The Labute approximate surface area is 245 Å². The molecule has 0 radical (unpaired) electrons. The summed E-state index contributed by atoms with van der Waals surface area (Å²) in [6.07, 6.45) is 0.115. The molecule has 2 atom stereocenters. The smallest absolute Gasteiger partial charge is 0.316 e. The molecule has 8 heteroatoms. The van der Waals surface area contributed by atoms with E-state index < -0.39 is 34.4 Å². The van der Waals surface area contributed by atoms with E-state index in [4.69, 9.17) is 9.47 Å². The van der Waals surface area contributed by atoms with E-state index in [2.05, 4.69) is 10.6 Å². The molecule has 0 heterocycles. The maximum absolute atomic E-state index is 12.8. The van der Waals surface area contributed by atoms with Crippen molar-refractivity contribution in [2.24, 2.45) is 10.8 Å². The summed E-state index contributed by atoms with van der Waals surface area (Å²) in [5, 5.41) is 17.7. The van der Waals surface area contributed by atoms with Crippen LogP contribution in [-0.4, -0.2) is 47.5 Å². The second-order valence-electron chi connectivity index (χ2n) is 13.2. The number of ether oxygens (including phenoxy) is 2. The van der Waals surface area contributed by atoms with Crippen LogP contribution in [0.4, 0.5) is 0 Å². The van der Waals surface area contributed by atoms with Gasteiger partial charge in [0.1, 0.15) is 0 Å². The zero-order chi connectivity index (χ0) is 31.0. The molecule has 0 amide bonds. The third-order valence-corrected chi connectivity index (χ3v) is 6.57. The fraction of sp³-hybridized carbons (Fsp3) is 0.545. The summed E-state index contributed by atoms with van der Waals surface area (Å²) >= 11 is 0.